The molecule has 1 unspecified atom stereocenters. The van der Waals surface area contributed by atoms with Crippen molar-refractivity contribution in [2.24, 2.45) is 17.8 Å². The van der Waals surface area contributed by atoms with Crippen LogP contribution in [0.4, 0.5) is 0 Å². The van der Waals surface area contributed by atoms with Gasteiger partial charge in [-0.05, 0) is 36.7 Å². The molecule has 7 heteroatoms. The van der Waals surface area contributed by atoms with Gasteiger partial charge in [0.2, 0.25) is 0 Å². The number of rotatable bonds is 6. The molecule has 1 aliphatic heterocycles. The van der Waals surface area contributed by atoms with E-state index in [1.807, 2.05) is 37.3 Å². The van der Waals surface area contributed by atoms with Crippen molar-refractivity contribution in [1.82, 2.24) is 0 Å². The van der Waals surface area contributed by atoms with Crippen LogP contribution in [0.1, 0.15) is 49.2 Å². The average molecular weight is 428 g/mol. The van der Waals surface area contributed by atoms with Gasteiger partial charge in [0, 0.05) is 18.6 Å². The normalized spacial score (nSPS) is 25.6. The van der Waals surface area contributed by atoms with E-state index in [0.29, 0.717) is 18.8 Å². The maximum Gasteiger partial charge on any atom is 0.345 e. The molecular weight excluding hydrogens is 400 g/mol. The van der Waals surface area contributed by atoms with Crippen molar-refractivity contribution in [2.45, 2.75) is 51.4 Å². The predicted octanol–water partition coefficient (Wildman–Crippen LogP) is 2.76. The molecule has 0 spiro atoms. The van der Waals surface area contributed by atoms with Gasteiger partial charge in [0.15, 0.2) is 0 Å². The van der Waals surface area contributed by atoms with Crippen LogP contribution in [-0.2, 0) is 22.6 Å². The lowest BCUT2D eigenvalue weighted by atomic mass is 9.71. The molecule has 1 aromatic heterocycles. The second-order valence-electron chi connectivity index (χ2n) is 8.60. The lowest BCUT2D eigenvalue weighted by molar-refractivity contribution is -0.144. The summed E-state index contributed by atoms with van der Waals surface area (Å²) in [5, 5.41) is 20.3. The third kappa shape index (κ3) is 4.67. The molecule has 1 fully saturated rings. The van der Waals surface area contributed by atoms with E-state index < -0.39 is 17.7 Å². The molecule has 2 heterocycles. The molecule has 2 N–H and O–H groups in total. The van der Waals surface area contributed by atoms with Crippen LogP contribution < -0.4 is 10.4 Å². The molecule has 1 aliphatic carbocycles. The Morgan fingerprint density at radius 2 is 2.03 bits per heavy atom. The molecule has 5 atom stereocenters. The molecule has 166 valence electrons. The molecule has 0 amide bonds. The van der Waals surface area contributed by atoms with Gasteiger partial charge in [0.25, 0.3) is 0 Å². The van der Waals surface area contributed by atoms with Crippen LogP contribution in [0, 0.1) is 17.8 Å². The fourth-order valence-electron chi connectivity index (χ4n) is 4.63. The quantitative estimate of drug-likeness (QED) is 0.682. The first-order chi connectivity index (χ1) is 15.0. The van der Waals surface area contributed by atoms with Crippen LogP contribution in [-0.4, -0.2) is 28.9 Å². The van der Waals surface area contributed by atoms with Crippen LogP contribution in [0.3, 0.4) is 0 Å². The van der Waals surface area contributed by atoms with Crippen molar-refractivity contribution in [3.8, 4) is 5.75 Å². The van der Waals surface area contributed by atoms with E-state index in [1.165, 1.54) is 6.07 Å². The van der Waals surface area contributed by atoms with Crippen LogP contribution in [0.25, 0.3) is 0 Å². The van der Waals surface area contributed by atoms with Gasteiger partial charge in [-0.3, -0.25) is 4.79 Å². The molecule has 2 aromatic rings. The largest absolute Gasteiger partial charge is 0.489 e. The molecule has 0 bridgehead atoms. The van der Waals surface area contributed by atoms with E-state index >= 15 is 0 Å². The number of ether oxygens (including phenoxy) is 2. The fraction of sp³-hybridized carbons (Fsp3) is 0.500. The average Bonchev–Trinajstić information content (AvgIpc) is 2.77. The number of hydrogen-bond donors (Lipinski definition) is 2. The molecule has 1 saturated carbocycles. The van der Waals surface area contributed by atoms with Crippen LogP contribution >= 0.6 is 0 Å². The SMILES string of the molecule is CC(CO)[C@H]1CC[C@@H]2[C@H](C1)Oc1cc(CC(=O)OCc3ccccc3)oc(=O)c1[C@H]2O. The summed E-state index contributed by atoms with van der Waals surface area (Å²) in [6, 6.07) is 10.8. The Bertz CT molecular complexity index is 968. The first-order valence-electron chi connectivity index (χ1n) is 10.8. The molecule has 31 heavy (non-hydrogen) atoms. The second-order valence-corrected chi connectivity index (χ2v) is 8.60. The zero-order valence-electron chi connectivity index (χ0n) is 17.5. The third-order valence-electron chi connectivity index (χ3n) is 6.52. The highest BCUT2D eigenvalue weighted by Crippen LogP contribution is 2.46. The topological polar surface area (TPSA) is 106 Å². The van der Waals surface area contributed by atoms with Gasteiger partial charge < -0.3 is 24.1 Å². The lowest BCUT2D eigenvalue weighted by Gasteiger charge is -2.43. The summed E-state index contributed by atoms with van der Waals surface area (Å²) in [5.74, 6) is 0.165. The first kappa shape index (κ1) is 21.6. The highest BCUT2D eigenvalue weighted by molar-refractivity contribution is 5.72. The van der Waals surface area contributed by atoms with Crippen molar-refractivity contribution in [3.05, 3.63) is 63.7 Å². The number of aliphatic hydroxyl groups is 2. The van der Waals surface area contributed by atoms with Gasteiger partial charge in [0.05, 0.1) is 6.10 Å². The first-order valence-corrected chi connectivity index (χ1v) is 10.8. The van der Waals surface area contributed by atoms with E-state index in [-0.39, 0.29) is 54.6 Å². The molecule has 1 aromatic carbocycles. The number of esters is 1. The van der Waals surface area contributed by atoms with Crippen molar-refractivity contribution >= 4 is 5.97 Å². The summed E-state index contributed by atoms with van der Waals surface area (Å²) in [6.45, 7) is 2.25. The predicted molar refractivity (Wildman–Crippen MR) is 111 cm³/mol. The minimum atomic E-state index is -0.963. The minimum Gasteiger partial charge on any atom is -0.489 e. The smallest absolute Gasteiger partial charge is 0.345 e. The van der Waals surface area contributed by atoms with Crippen molar-refractivity contribution < 1.29 is 28.9 Å². The summed E-state index contributed by atoms with van der Waals surface area (Å²) >= 11 is 0. The number of hydrogen-bond acceptors (Lipinski definition) is 7. The van der Waals surface area contributed by atoms with Crippen LogP contribution in [0.2, 0.25) is 0 Å². The van der Waals surface area contributed by atoms with Gasteiger partial charge in [-0.25, -0.2) is 4.79 Å². The highest BCUT2D eigenvalue weighted by atomic mass is 16.5. The Hall–Kier alpha value is -2.64. The van der Waals surface area contributed by atoms with E-state index in [9.17, 15) is 19.8 Å². The summed E-state index contributed by atoms with van der Waals surface area (Å²) < 4.78 is 16.7. The molecule has 7 nitrogen and oxygen atoms in total. The third-order valence-corrected chi connectivity index (χ3v) is 6.52. The van der Waals surface area contributed by atoms with Gasteiger partial charge in [-0.1, -0.05) is 37.3 Å². The van der Waals surface area contributed by atoms with Crippen molar-refractivity contribution in [1.29, 1.82) is 0 Å². The Morgan fingerprint density at radius 3 is 2.77 bits per heavy atom. The Kier molecular flexibility index (Phi) is 6.43. The highest BCUT2D eigenvalue weighted by Gasteiger charge is 2.44. The monoisotopic (exact) mass is 428 g/mol. The van der Waals surface area contributed by atoms with E-state index in [2.05, 4.69) is 0 Å². The van der Waals surface area contributed by atoms with Crippen molar-refractivity contribution in [2.75, 3.05) is 6.61 Å². The molecule has 2 aliphatic rings. The Labute approximate surface area is 180 Å². The Balaban J connectivity index is 1.47. The van der Waals surface area contributed by atoms with E-state index in [0.717, 1.165) is 12.0 Å². The molecule has 0 saturated heterocycles. The number of fused-ring (bicyclic) bond motifs is 2. The van der Waals surface area contributed by atoms with E-state index in [1.54, 1.807) is 0 Å². The zero-order valence-corrected chi connectivity index (χ0v) is 17.5. The molecular formula is C24H28O7. The maximum atomic E-state index is 12.6. The maximum absolute atomic E-state index is 12.6. The second kappa shape index (κ2) is 9.24. The zero-order chi connectivity index (χ0) is 22.0. The number of carbonyl (C=O) groups excluding carboxylic acids is 1. The molecule has 0 radical (unpaired) electrons. The lowest BCUT2D eigenvalue weighted by Crippen LogP contribution is -2.44. The van der Waals surface area contributed by atoms with Gasteiger partial charge in [-0.15, -0.1) is 0 Å². The summed E-state index contributed by atoms with van der Waals surface area (Å²) in [5.41, 5.74) is 0.306. The van der Waals surface area contributed by atoms with Gasteiger partial charge in [-0.2, -0.15) is 0 Å². The fourth-order valence-corrected chi connectivity index (χ4v) is 4.63. The van der Waals surface area contributed by atoms with E-state index in [4.69, 9.17) is 13.9 Å². The van der Waals surface area contributed by atoms with Crippen LogP contribution in [0.15, 0.2) is 45.6 Å². The number of aliphatic hydroxyl groups excluding tert-OH is 2. The summed E-state index contributed by atoms with van der Waals surface area (Å²) in [7, 11) is 0. The Morgan fingerprint density at radius 1 is 1.26 bits per heavy atom. The summed E-state index contributed by atoms with van der Waals surface area (Å²) in [4.78, 5) is 24.8. The van der Waals surface area contributed by atoms with Gasteiger partial charge in [0.1, 0.15) is 36.2 Å². The summed E-state index contributed by atoms with van der Waals surface area (Å²) in [6.07, 6.45) is 0.886. The van der Waals surface area contributed by atoms with Crippen LogP contribution in [0.5, 0.6) is 5.75 Å². The number of carbonyl (C=O) groups is 1. The van der Waals surface area contributed by atoms with Crippen molar-refractivity contribution in [3.63, 3.8) is 0 Å². The minimum absolute atomic E-state index is 0.111. The van der Waals surface area contributed by atoms with Gasteiger partial charge >= 0.3 is 11.6 Å². The number of benzene rings is 1. The standard InChI is InChI=1S/C24H28O7/c1-14(12-25)16-7-8-18-19(9-16)31-20-10-17(30-24(28)22(20)23(18)27)11-21(26)29-13-15-5-3-2-4-6-15/h2-6,10,14,16,18-19,23,25,27H,7-9,11-13H2,1H3/t14?,16-,18+,19-,23-/m0/s1. The molecule has 4 rings (SSSR count).